The number of carbonyl (C=O) groups excluding carboxylic acids is 1. The number of carboxylic acids is 1. The molecule has 0 spiro atoms. The second-order valence-electron chi connectivity index (χ2n) is 5.64. The van der Waals surface area contributed by atoms with Crippen molar-refractivity contribution in [2.45, 2.75) is 32.7 Å². The van der Waals surface area contributed by atoms with Gasteiger partial charge in [0.15, 0.2) is 5.78 Å². The van der Waals surface area contributed by atoms with E-state index in [4.69, 9.17) is 4.74 Å². The first-order chi connectivity index (χ1) is 10.5. The van der Waals surface area contributed by atoms with Crippen LogP contribution in [0.1, 0.15) is 37.0 Å². The van der Waals surface area contributed by atoms with Crippen LogP contribution in [0.15, 0.2) is 24.3 Å². The van der Waals surface area contributed by atoms with E-state index in [1.807, 2.05) is 30.9 Å². The first-order valence-corrected chi connectivity index (χ1v) is 7.77. The van der Waals surface area contributed by atoms with Gasteiger partial charge in [0.05, 0.1) is 24.1 Å². The van der Waals surface area contributed by atoms with Crippen molar-refractivity contribution in [3.8, 4) is 5.75 Å². The molecule has 2 atom stereocenters. The van der Waals surface area contributed by atoms with E-state index >= 15 is 0 Å². The Morgan fingerprint density at radius 3 is 2.82 bits per heavy atom. The van der Waals surface area contributed by atoms with Crippen LogP contribution in [-0.4, -0.2) is 47.5 Å². The number of benzene rings is 1. The van der Waals surface area contributed by atoms with E-state index in [1.165, 1.54) is 0 Å². The number of likely N-dealkylation sites (tertiary alicyclic amines) is 1. The highest BCUT2D eigenvalue weighted by Gasteiger charge is 2.31. The lowest BCUT2D eigenvalue weighted by Crippen LogP contribution is -2.46. The molecule has 1 heterocycles. The standard InChI is InChI=1S/C17H23NO4/c1-3-22-15-9-5-4-8-14(15)16(19)12(2)18-10-6-7-13(11-18)17(20)21/h4-5,8-9,12-13H,3,6-7,10-11H2,1-2H3,(H,20,21). The maximum atomic E-state index is 12.7. The van der Waals surface area contributed by atoms with Gasteiger partial charge in [-0.2, -0.15) is 0 Å². The molecule has 1 saturated heterocycles. The number of hydrogen-bond acceptors (Lipinski definition) is 4. The monoisotopic (exact) mass is 305 g/mol. The summed E-state index contributed by atoms with van der Waals surface area (Å²) in [5.74, 6) is -0.589. The van der Waals surface area contributed by atoms with Crippen LogP contribution >= 0.6 is 0 Å². The van der Waals surface area contributed by atoms with Crippen LogP contribution in [0, 0.1) is 5.92 Å². The Morgan fingerprint density at radius 1 is 1.41 bits per heavy atom. The molecule has 1 aliphatic heterocycles. The number of aliphatic carboxylic acids is 1. The SMILES string of the molecule is CCOc1ccccc1C(=O)C(C)N1CCCC(C(=O)O)C1. The number of piperidine rings is 1. The molecule has 0 bridgehead atoms. The van der Waals surface area contributed by atoms with Crippen molar-refractivity contribution >= 4 is 11.8 Å². The molecule has 1 aromatic carbocycles. The number of carboxylic acid groups (broad SMARTS) is 1. The van der Waals surface area contributed by atoms with Crippen molar-refractivity contribution in [2.24, 2.45) is 5.92 Å². The molecule has 1 fully saturated rings. The van der Waals surface area contributed by atoms with Gasteiger partial charge in [-0.25, -0.2) is 0 Å². The molecule has 0 aromatic heterocycles. The van der Waals surface area contributed by atoms with Gasteiger partial charge in [-0.05, 0) is 45.4 Å². The summed E-state index contributed by atoms with van der Waals surface area (Å²) >= 11 is 0. The van der Waals surface area contributed by atoms with Gasteiger partial charge in [0.25, 0.3) is 0 Å². The van der Waals surface area contributed by atoms with Crippen molar-refractivity contribution in [3.05, 3.63) is 29.8 Å². The number of rotatable bonds is 6. The Balaban J connectivity index is 2.13. The summed E-state index contributed by atoms with van der Waals surface area (Å²) in [6, 6.07) is 6.87. The summed E-state index contributed by atoms with van der Waals surface area (Å²) in [6.07, 6.45) is 1.49. The van der Waals surface area contributed by atoms with Gasteiger partial charge in [-0.15, -0.1) is 0 Å². The Labute approximate surface area is 130 Å². The van der Waals surface area contributed by atoms with E-state index < -0.39 is 5.97 Å². The molecule has 2 unspecified atom stereocenters. The summed E-state index contributed by atoms with van der Waals surface area (Å²) in [5, 5.41) is 9.18. The van der Waals surface area contributed by atoms with Crippen LogP contribution in [0.5, 0.6) is 5.75 Å². The molecular formula is C17H23NO4. The van der Waals surface area contributed by atoms with Crippen molar-refractivity contribution < 1.29 is 19.4 Å². The second kappa shape index (κ2) is 7.40. The molecule has 0 amide bonds. The maximum Gasteiger partial charge on any atom is 0.307 e. The average Bonchev–Trinajstić information content (AvgIpc) is 2.54. The molecule has 5 heteroatoms. The summed E-state index contributed by atoms with van der Waals surface area (Å²) in [6.45, 7) is 5.41. The van der Waals surface area contributed by atoms with Crippen LogP contribution in [0.2, 0.25) is 0 Å². The van der Waals surface area contributed by atoms with Crippen LogP contribution < -0.4 is 4.74 Å². The quantitative estimate of drug-likeness (QED) is 0.818. The molecule has 5 nitrogen and oxygen atoms in total. The van der Waals surface area contributed by atoms with Crippen LogP contribution in [-0.2, 0) is 4.79 Å². The summed E-state index contributed by atoms with van der Waals surface area (Å²) < 4.78 is 5.52. The lowest BCUT2D eigenvalue weighted by atomic mass is 9.95. The highest BCUT2D eigenvalue weighted by molar-refractivity contribution is 6.02. The second-order valence-corrected chi connectivity index (χ2v) is 5.64. The average molecular weight is 305 g/mol. The molecule has 120 valence electrons. The van der Waals surface area contributed by atoms with Gasteiger partial charge in [-0.3, -0.25) is 14.5 Å². The largest absolute Gasteiger partial charge is 0.493 e. The molecule has 1 aromatic rings. The number of para-hydroxylation sites is 1. The highest BCUT2D eigenvalue weighted by Crippen LogP contribution is 2.24. The van der Waals surface area contributed by atoms with E-state index in [-0.39, 0.29) is 17.7 Å². The summed E-state index contributed by atoms with van der Waals surface area (Å²) in [5.41, 5.74) is 0.564. The van der Waals surface area contributed by atoms with Crippen molar-refractivity contribution in [1.29, 1.82) is 0 Å². The Kier molecular flexibility index (Phi) is 5.55. The zero-order chi connectivity index (χ0) is 16.1. The van der Waals surface area contributed by atoms with Gasteiger partial charge < -0.3 is 9.84 Å². The molecule has 2 rings (SSSR count). The first kappa shape index (κ1) is 16.5. The zero-order valence-electron chi connectivity index (χ0n) is 13.1. The van der Waals surface area contributed by atoms with Crippen molar-refractivity contribution in [3.63, 3.8) is 0 Å². The van der Waals surface area contributed by atoms with E-state index in [9.17, 15) is 14.7 Å². The third-order valence-electron chi connectivity index (χ3n) is 4.18. The number of hydrogen-bond donors (Lipinski definition) is 1. The van der Waals surface area contributed by atoms with Gasteiger partial charge >= 0.3 is 5.97 Å². The number of nitrogens with zero attached hydrogens (tertiary/aromatic N) is 1. The fourth-order valence-corrected chi connectivity index (χ4v) is 2.90. The Hall–Kier alpha value is -1.88. The Morgan fingerprint density at radius 2 is 2.14 bits per heavy atom. The molecule has 0 radical (unpaired) electrons. The summed E-state index contributed by atoms with van der Waals surface area (Å²) in [4.78, 5) is 25.9. The first-order valence-electron chi connectivity index (χ1n) is 7.77. The van der Waals surface area contributed by atoms with E-state index in [1.54, 1.807) is 12.1 Å². The molecular weight excluding hydrogens is 282 g/mol. The molecule has 1 N–H and O–H groups in total. The van der Waals surface area contributed by atoms with Gasteiger partial charge in [0.2, 0.25) is 0 Å². The Bertz CT molecular complexity index is 543. The number of ether oxygens (including phenoxy) is 1. The fourth-order valence-electron chi connectivity index (χ4n) is 2.90. The molecule has 0 saturated carbocycles. The predicted molar refractivity (Wildman–Crippen MR) is 83.3 cm³/mol. The minimum absolute atomic E-state index is 0.0184. The fraction of sp³-hybridized carbons (Fsp3) is 0.529. The van der Waals surface area contributed by atoms with Gasteiger partial charge in [-0.1, -0.05) is 12.1 Å². The topological polar surface area (TPSA) is 66.8 Å². The van der Waals surface area contributed by atoms with Crippen molar-refractivity contribution in [1.82, 2.24) is 4.90 Å². The minimum atomic E-state index is -0.779. The lowest BCUT2D eigenvalue weighted by Gasteiger charge is -2.34. The third-order valence-corrected chi connectivity index (χ3v) is 4.18. The van der Waals surface area contributed by atoms with Crippen LogP contribution in [0.4, 0.5) is 0 Å². The normalized spacial score (nSPS) is 20.4. The van der Waals surface area contributed by atoms with Crippen molar-refractivity contribution in [2.75, 3.05) is 19.7 Å². The van der Waals surface area contributed by atoms with E-state index in [0.717, 1.165) is 13.0 Å². The van der Waals surface area contributed by atoms with Crippen LogP contribution in [0.3, 0.4) is 0 Å². The van der Waals surface area contributed by atoms with Gasteiger partial charge in [0, 0.05) is 6.54 Å². The maximum absolute atomic E-state index is 12.7. The smallest absolute Gasteiger partial charge is 0.307 e. The third kappa shape index (κ3) is 3.65. The number of ketones is 1. The van der Waals surface area contributed by atoms with E-state index in [0.29, 0.717) is 30.9 Å². The number of carbonyl (C=O) groups is 2. The predicted octanol–water partition coefficient (Wildman–Crippen LogP) is 2.45. The van der Waals surface area contributed by atoms with Gasteiger partial charge in [0.1, 0.15) is 5.75 Å². The highest BCUT2D eigenvalue weighted by atomic mass is 16.5. The zero-order valence-corrected chi connectivity index (χ0v) is 13.1. The van der Waals surface area contributed by atoms with Crippen LogP contribution in [0.25, 0.3) is 0 Å². The lowest BCUT2D eigenvalue weighted by molar-refractivity contribution is -0.143. The minimum Gasteiger partial charge on any atom is -0.493 e. The molecule has 0 aliphatic carbocycles. The summed E-state index contributed by atoms with van der Waals surface area (Å²) in [7, 11) is 0. The van der Waals surface area contributed by atoms with E-state index in [2.05, 4.69) is 0 Å². The molecule has 22 heavy (non-hydrogen) atoms. The number of Topliss-reactive ketones (excluding diaryl/α,β-unsaturated/α-hetero) is 1. The molecule has 1 aliphatic rings.